The van der Waals surface area contributed by atoms with E-state index in [9.17, 15) is 4.39 Å². The third kappa shape index (κ3) is 2.89. The van der Waals surface area contributed by atoms with Crippen molar-refractivity contribution < 1.29 is 4.39 Å². The number of halogens is 2. The van der Waals surface area contributed by atoms with Crippen molar-refractivity contribution in [2.24, 2.45) is 5.73 Å². The van der Waals surface area contributed by atoms with Crippen molar-refractivity contribution in [1.29, 1.82) is 0 Å². The summed E-state index contributed by atoms with van der Waals surface area (Å²) in [7, 11) is 0. The molecule has 0 spiro atoms. The quantitative estimate of drug-likeness (QED) is 0.694. The molecule has 0 radical (unpaired) electrons. The van der Waals surface area contributed by atoms with Crippen LogP contribution in [-0.2, 0) is 6.42 Å². The van der Waals surface area contributed by atoms with Gasteiger partial charge in [0.2, 0.25) is 0 Å². The Morgan fingerprint density at radius 1 is 1.16 bits per heavy atom. The summed E-state index contributed by atoms with van der Waals surface area (Å²) in [6, 6.07) is 10.9. The van der Waals surface area contributed by atoms with Crippen molar-refractivity contribution in [2.45, 2.75) is 12.5 Å². The largest absolute Gasteiger partial charge is 0.323 e. The molecule has 0 saturated carbocycles. The van der Waals surface area contributed by atoms with Gasteiger partial charge >= 0.3 is 0 Å². The minimum absolute atomic E-state index is 0.0361. The van der Waals surface area contributed by atoms with E-state index in [0.717, 1.165) is 25.2 Å². The molecule has 3 rings (SSSR count). The van der Waals surface area contributed by atoms with Crippen LogP contribution in [0.2, 0.25) is 0 Å². The monoisotopic (exact) mass is 355 g/mol. The topological polar surface area (TPSA) is 26.0 Å². The predicted octanol–water partition coefficient (Wildman–Crippen LogP) is 5.11. The molecule has 2 heterocycles. The third-order valence-electron chi connectivity index (χ3n) is 2.91. The molecule has 19 heavy (non-hydrogen) atoms. The number of rotatable bonds is 3. The van der Waals surface area contributed by atoms with Crippen LogP contribution in [0.4, 0.5) is 4.39 Å². The highest BCUT2D eigenvalue weighted by Gasteiger charge is 2.12. The first kappa shape index (κ1) is 13.2. The van der Waals surface area contributed by atoms with Crippen LogP contribution in [0.25, 0.3) is 10.1 Å². The molecule has 0 fully saturated rings. The van der Waals surface area contributed by atoms with Crippen LogP contribution in [-0.4, -0.2) is 0 Å². The molecule has 0 aliphatic heterocycles. The summed E-state index contributed by atoms with van der Waals surface area (Å²) in [5, 5.41) is 0.933. The van der Waals surface area contributed by atoms with Crippen LogP contribution in [0, 0.1) is 5.82 Å². The van der Waals surface area contributed by atoms with Gasteiger partial charge in [-0.15, -0.1) is 22.7 Å². The smallest absolute Gasteiger partial charge is 0.123 e. The highest BCUT2D eigenvalue weighted by atomic mass is 79.9. The normalized spacial score (nSPS) is 13.0. The third-order valence-corrected chi connectivity index (χ3v) is 5.81. The lowest BCUT2D eigenvalue weighted by atomic mass is 10.1. The van der Waals surface area contributed by atoms with Gasteiger partial charge in [0.05, 0.1) is 3.79 Å². The molecule has 2 N–H and O–H groups in total. The van der Waals surface area contributed by atoms with Gasteiger partial charge in [0.1, 0.15) is 5.82 Å². The van der Waals surface area contributed by atoms with Gasteiger partial charge in [-0.05, 0) is 57.7 Å². The molecule has 0 aliphatic rings. The van der Waals surface area contributed by atoms with Gasteiger partial charge in [0, 0.05) is 26.9 Å². The standard InChI is InChI=1S/C14H11BrFNS2/c15-14-4-2-10(18-14)7-11(17)13-6-8-5-9(16)1-3-12(8)19-13/h1-6,11H,7,17H2. The minimum atomic E-state index is -0.201. The van der Waals surface area contributed by atoms with Crippen LogP contribution in [0.1, 0.15) is 15.8 Å². The van der Waals surface area contributed by atoms with E-state index in [1.54, 1.807) is 28.7 Å². The van der Waals surface area contributed by atoms with Crippen molar-refractivity contribution in [3.05, 3.63) is 55.8 Å². The molecule has 1 unspecified atom stereocenters. The Hall–Kier alpha value is -0.750. The molecule has 5 heteroatoms. The first-order valence-corrected chi connectivity index (χ1v) is 8.23. The maximum Gasteiger partial charge on any atom is 0.123 e. The van der Waals surface area contributed by atoms with Gasteiger partial charge in [-0.2, -0.15) is 0 Å². The lowest BCUT2D eigenvalue weighted by molar-refractivity contribution is 0.630. The number of thiophene rings is 2. The minimum Gasteiger partial charge on any atom is -0.323 e. The Labute approximate surface area is 127 Å². The van der Waals surface area contributed by atoms with E-state index in [4.69, 9.17) is 5.73 Å². The summed E-state index contributed by atoms with van der Waals surface area (Å²) in [4.78, 5) is 2.35. The highest BCUT2D eigenvalue weighted by molar-refractivity contribution is 9.11. The summed E-state index contributed by atoms with van der Waals surface area (Å²) in [6.45, 7) is 0. The fraction of sp³-hybridized carbons (Fsp3) is 0.143. The molecule has 2 aromatic heterocycles. The summed E-state index contributed by atoms with van der Waals surface area (Å²) < 4.78 is 15.4. The summed E-state index contributed by atoms with van der Waals surface area (Å²) in [5.74, 6) is -0.201. The second-order valence-corrected chi connectivity index (χ2v) is 8.01. The van der Waals surface area contributed by atoms with Crippen LogP contribution >= 0.6 is 38.6 Å². The Bertz CT molecular complexity index is 719. The molecule has 0 bridgehead atoms. The lowest BCUT2D eigenvalue weighted by Crippen LogP contribution is -2.10. The number of fused-ring (bicyclic) bond motifs is 1. The fourth-order valence-electron chi connectivity index (χ4n) is 2.00. The molecular weight excluding hydrogens is 345 g/mol. The fourth-order valence-corrected chi connectivity index (χ4v) is 4.58. The molecule has 1 atom stereocenters. The van der Waals surface area contributed by atoms with Crippen molar-refractivity contribution in [1.82, 2.24) is 0 Å². The second-order valence-electron chi connectivity index (χ2n) is 4.35. The molecule has 0 saturated heterocycles. The van der Waals surface area contributed by atoms with Gasteiger partial charge in [-0.25, -0.2) is 4.39 Å². The molecule has 98 valence electrons. The molecule has 3 aromatic rings. The zero-order valence-electron chi connectivity index (χ0n) is 9.90. The zero-order chi connectivity index (χ0) is 13.4. The number of nitrogens with two attached hydrogens (primary N) is 1. The molecule has 1 aromatic carbocycles. The van der Waals surface area contributed by atoms with Crippen LogP contribution in [0.5, 0.6) is 0 Å². The van der Waals surface area contributed by atoms with Crippen molar-refractivity contribution in [2.75, 3.05) is 0 Å². The average Bonchev–Trinajstić information content (AvgIpc) is 2.95. The van der Waals surface area contributed by atoms with Gasteiger partial charge in [0.15, 0.2) is 0 Å². The van der Waals surface area contributed by atoms with Crippen LogP contribution < -0.4 is 5.73 Å². The average molecular weight is 356 g/mol. The maximum absolute atomic E-state index is 13.2. The predicted molar refractivity (Wildman–Crippen MR) is 84.4 cm³/mol. The SMILES string of the molecule is NC(Cc1ccc(Br)s1)c1cc2cc(F)ccc2s1. The van der Waals surface area contributed by atoms with E-state index >= 15 is 0 Å². The van der Waals surface area contributed by atoms with E-state index in [1.165, 1.54) is 10.9 Å². The second kappa shape index (κ2) is 5.32. The van der Waals surface area contributed by atoms with E-state index in [1.807, 2.05) is 18.2 Å². The van der Waals surface area contributed by atoms with E-state index in [0.29, 0.717) is 0 Å². The van der Waals surface area contributed by atoms with Crippen LogP contribution in [0.15, 0.2) is 40.2 Å². The molecule has 0 aliphatic carbocycles. The van der Waals surface area contributed by atoms with E-state index in [-0.39, 0.29) is 11.9 Å². The van der Waals surface area contributed by atoms with Gasteiger partial charge in [0.25, 0.3) is 0 Å². The van der Waals surface area contributed by atoms with Crippen molar-refractivity contribution in [3.8, 4) is 0 Å². The van der Waals surface area contributed by atoms with Crippen molar-refractivity contribution in [3.63, 3.8) is 0 Å². The molecule has 1 nitrogen and oxygen atoms in total. The Morgan fingerprint density at radius 2 is 2.00 bits per heavy atom. The van der Waals surface area contributed by atoms with Gasteiger partial charge < -0.3 is 5.73 Å². The first-order valence-electron chi connectivity index (χ1n) is 5.80. The van der Waals surface area contributed by atoms with Crippen molar-refractivity contribution >= 4 is 48.7 Å². The Balaban J connectivity index is 1.86. The molecular formula is C14H11BrFNS2. The van der Waals surface area contributed by atoms with Gasteiger partial charge in [-0.3, -0.25) is 0 Å². The van der Waals surface area contributed by atoms with E-state index in [2.05, 4.69) is 22.0 Å². The maximum atomic E-state index is 13.2. The highest BCUT2D eigenvalue weighted by Crippen LogP contribution is 2.32. The number of hydrogen-bond donors (Lipinski definition) is 1. The number of benzene rings is 1. The lowest BCUT2D eigenvalue weighted by Gasteiger charge is -2.06. The summed E-state index contributed by atoms with van der Waals surface area (Å²) >= 11 is 6.80. The summed E-state index contributed by atoms with van der Waals surface area (Å²) in [6.07, 6.45) is 0.811. The van der Waals surface area contributed by atoms with Crippen LogP contribution in [0.3, 0.4) is 0 Å². The Kier molecular flexibility index (Phi) is 3.71. The first-order chi connectivity index (χ1) is 9.11. The number of hydrogen-bond acceptors (Lipinski definition) is 3. The molecule has 0 amide bonds. The Morgan fingerprint density at radius 3 is 2.74 bits per heavy atom. The zero-order valence-corrected chi connectivity index (χ0v) is 13.1. The van der Waals surface area contributed by atoms with Gasteiger partial charge in [-0.1, -0.05) is 0 Å². The summed E-state index contributed by atoms with van der Waals surface area (Å²) in [5.41, 5.74) is 6.25. The van der Waals surface area contributed by atoms with E-state index < -0.39 is 0 Å².